The second-order valence-corrected chi connectivity index (χ2v) is 17.3. The highest BCUT2D eigenvalue weighted by Gasteiger charge is 2.50. The van der Waals surface area contributed by atoms with Gasteiger partial charge in [0.25, 0.3) is 0 Å². The average Bonchev–Trinajstić information content (AvgIpc) is 3.61. The Morgan fingerprint density at radius 3 is 2.47 bits per heavy atom. The van der Waals surface area contributed by atoms with Gasteiger partial charge in [0.2, 0.25) is 0 Å². The van der Waals surface area contributed by atoms with E-state index in [1.165, 1.54) is 27.8 Å². The minimum Gasteiger partial charge on any atom is -0.512 e. The summed E-state index contributed by atoms with van der Waals surface area (Å²) in [5.74, 6) is 0.164. The van der Waals surface area contributed by atoms with Crippen LogP contribution in [0.3, 0.4) is 0 Å². The average molecular weight is 777 g/mol. The molecule has 6 heteroatoms. The van der Waals surface area contributed by atoms with Crippen molar-refractivity contribution in [3.8, 4) is 0 Å². The third-order valence-corrected chi connectivity index (χ3v) is 13.7. The molecule has 0 amide bonds. The smallest absolute Gasteiger partial charge is 0.200 e. The fourth-order valence-corrected chi connectivity index (χ4v) is 11.0. The summed E-state index contributed by atoms with van der Waals surface area (Å²) in [5.41, 5.74) is 6.21. The number of aryl methyl sites for hydroxylation is 2. The molecule has 0 aliphatic heterocycles. The fourth-order valence-electron chi connectivity index (χ4n) is 11.0. The standard InChI is InChI=1S/C52H56O6/c1-5-7-8-24-39-41(53)28-26-32(44(39)33-27-29-43-40(30-33)34-19-13-14-25-42(34)58-43)18-15-17-31(16-6-2)45-35-20-9-11-22-37(35)46(38-23-12-10-21-36(38)45)47-48(54)49(55)50(56)51(57)52(47,3)4/h5-13,16,19-23,26,28,33,35,37,39,44,47,53-57H,1-2,14-15,17-18,24-25,27,29-30H2,3-4H3/b8-7-,31-16+. The molecule has 5 N–H and O–H groups in total. The molecule has 300 valence electrons. The molecular weight excluding hydrogens is 721 g/mol. The quantitative estimate of drug-likeness (QED) is 0.145. The summed E-state index contributed by atoms with van der Waals surface area (Å²) in [6.45, 7) is 11.6. The van der Waals surface area contributed by atoms with E-state index in [0.717, 1.165) is 85.3 Å². The van der Waals surface area contributed by atoms with Gasteiger partial charge in [0, 0.05) is 47.1 Å². The Bertz CT molecular complexity index is 2430. The highest BCUT2D eigenvalue weighted by atomic mass is 16.4. The van der Waals surface area contributed by atoms with Crippen LogP contribution in [0.4, 0.5) is 0 Å². The number of rotatable bonds is 11. The van der Waals surface area contributed by atoms with Gasteiger partial charge in [0.15, 0.2) is 11.5 Å². The lowest BCUT2D eigenvalue weighted by Gasteiger charge is -2.43. The van der Waals surface area contributed by atoms with Crippen LogP contribution in [0.15, 0.2) is 155 Å². The normalized spacial score (nSPS) is 27.5. The van der Waals surface area contributed by atoms with Gasteiger partial charge in [0.05, 0.1) is 11.7 Å². The lowest BCUT2D eigenvalue weighted by Crippen LogP contribution is -2.46. The first-order valence-electron chi connectivity index (χ1n) is 21.0. The lowest BCUT2D eigenvalue weighted by atomic mass is 9.61. The third-order valence-electron chi connectivity index (χ3n) is 13.7. The van der Waals surface area contributed by atoms with Crippen LogP contribution < -0.4 is 10.4 Å². The van der Waals surface area contributed by atoms with Crippen molar-refractivity contribution in [2.24, 2.45) is 40.9 Å². The second-order valence-electron chi connectivity index (χ2n) is 17.3. The molecule has 0 spiro atoms. The first-order chi connectivity index (χ1) is 28.1. The molecule has 6 nitrogen and oxygen atoms in total. The lowest BCUT2D eigenvalue weighted by molar-refractivity contribution is 0.127. The zero-order valence-electron chi connectivity index (χ0n) is 33.7. The van der Waals surface area contributed by atoms with Gasteiger partial charge in [-0.25, -0.2) is 0 Å². The van der Waals surface area contributed by atoms with Crippen LogP contribution >= 0.6 is 0 Å². The number of furan rings is 1. The molecule has 6 aliphatic carbocycles. The second kappa shape index (κ2) is 16.0. The predicted octanol–water partition coefficient (Wildman–Crippen LogP) is 11.1. The van der Waals surface area contributed by atoms with Crippen molar-refractivity contribution in [2.45, 2.75) is 71.6 Å². The zero-order chi connectivity index (χ0) is 40.7. The van der Waals surface area contributed by atoms with Gasteiger partial charge in [-0.05, 0) is 90.0 Å². The third kappa shape index (κ3) is 6.70. The molecule has 6 aliphatic rings. The summed E-state index contributed by atoms with van der Waals surface area (Å²) < 4.78 is 6.40. The van der Waals surface area contributed by atoms with Crippen LogP contribution in [0.1, 0.15) is 75.0 Å². The first kappa shape index (κ1) is 39.2. The largest absolute Gasteiger partial charge is 0.512 e. The molecule has 0 radical (unpaired) electrons. The monoisotopic (exact) mass is 776 g/mol. The van der Waals surface area contributed by atoms with Crippen LogP contribution in [0, 0.1) is 40.9 Å². The number of hydrogen-bond donors (Lipinski definition) is 5. The van der Waals surface area contributed by atoms with Crippen molar-refractivity contribution in [1.82, 2.24) is 0 Å². The van der Waals surface area contributed by atoms with Crippen molar-refractivity contribution >= 4 is 17.2 Å². The van der Waals surface area contributed by atoms with Crippen molar-refractivity contribution in [1.29, 1.82) is 0 Å². The molecule has 1 aromatic heterocycles. The first-order valence-corrected chi connectivity index (χ1v) is 21.0. The van der Waals surface area contributed by atoms with Gasteiger partial charge >= 0.3 is 0 Å². The number of allylic oxidation sites excluding steroid dienone is 17. The summed E-state index contributed by atoms with van der Waals surface area (Å²) in [7, 11) is 0. The van der Waals surface area contributed by atoms with Crippen LogP contribution in [-0.2, 0) is 19.3 Å². The molecule has 0 bridgehead atoms. The van der Waals surface area contributed by atoms with E-state index < -0.39 is 22.9 Å². The Hall–Kier alpha value is -5.62. The van der Waals surface area contributed by atoms with Gasteiger partial charge in [0.1, 0.15) is 23.0 Å². The summed E-state index contributed by atoms with van der Waals surface area (Å²) in [6, 6.07) is 8.22. The Morgan fingerprint density at radius 1 is 0.914 bits per heavy atom. The molecule has 6 unspecified atom stereocenters. The van der Waals surface area contributed by atoms with Gasteiger partial charge in [-0.1, -0.05) is 130 Å². The van der Waals surface area contributed by atoms with E-state index in [1.54, 1.807) is 19.9 Å². The van der Waals surface area contributed by atoms with Gasteiger partial charge in [-0.2, -0.15) is 0 Å². The van der Waals surface area contributed by atoms with Crippen molar-refractivity contribution in [3.63, 3.8) is 0 Å². The number of fused-ring (bicyclic) bond motifs is 5. The van der Waals surface area contributed by atoms with E-state index in [4.69, 9.17) is 4.42 Å². The molecule has 1 aromatic carbocycles. The highest BCUT2D eigenvalue weighted by Crippen LogP contribution is 2.53. The minimum absolute atomic E-state index is 0.0113. The Labute approximate surface area is 342 Å². The molecule has 6 atom stereocenters. The molecule has 8 rings (SSSR count). The SMILES string of the molecule is C=C/C=C\CC1C(O)=CC=C(CCC/C(=C\C=C)C2=c3ccccc3=C(C3C(O)=C(O)C(O)=C(O)C3(C)C)C3C=CC=CC23)C1C1CCc2oc3c(c2C1)C=CCC3. The maximum absolute atomic E-state index is 11.5. The molecule has 2 aromatic rings. The number of aliphatic hydroxyl groups is 5. The van der Waals surface area contributed by atoms with Crippen molar-refractivity contribution in [2.75, 3.05) is 0 Å². The fraction of sp³-hybridized carbons (Fsp3) is 0.346. The number of benzene rings is 1. The molecule has 0 fully saturated rings. The van der Waals surface area contributed by atoms with Crippen LogP contribution in [0.5, 0.6) is 0 Å². The summed E-state index contributed by atoms with van der Waals surface area (Å²) in [4.78, 5) is 0. The van der Waals surface area contributed by atoms with E-state index in [-0.39, 0.29) is 35.2 Å². The Morgan fingerprint density at radius 2 is 1.69 bits per heavy atom. The van der Waals surface area contributed by atoms with Gasteiger partial charge in [-0.15, -0.1) is 0 Å². The van der Waals surface area contributed by atoms with Gasteiger partial charge < -0.3 is 29.9 Å². The highest BCUT2D eigenvalue weighted by molar-refractivity contribution is 5.77. The van der Waals surface area contributed by atoms with E-state index in [2.05, 4.69) is 73.9 Å². The van der Waals surface area contributed by atoms with E-state index in [1.807, 2.05) is 36.4 Å². The molecular formula is C52H56O6. The summed E-state index contributed by atoms with van der Waals surface area (Å²) in [6.07, 6.45) is 35.2. The van der Waals surface area contributed by atoms with E-state index >= 15 is 0 Å². The molecule has 0 saturated carbocycles. The number of aliphatic hydroxyl groups excluding tert-OH is 5. The number of hydrogen-bond acceptors (Lipinski definition) is 6. The van der Waals surface area contributed by atoms with Crippen LogP contribution in [-0.4, -0.2) is 25.5 Å². The maximum atomic E-state index is 11.5. The van der Waals surface area contributed by atoms with E-state index in [0.29, 0.717) is 11.7 Å². The summed E-state index contributed by atoms with van der Waals surface area (Å²) in [5, 5.41) is 57.5. The predicted molar refractivity (Wildman–Crippen MR) is 233 cm³/mol. The van der Waals surface area contributed by atoms with Crippen LogP contribution in [0.25, 0.3) is 17.2 Å². The topological polar surface area (TPSA) is 114 Å². The maximum Gasteiger partial charge on any atom is 0.200 e. The molecule has 1 heterocycles. The van der Waals surface area contributed by atoms with E-state index in [9.17, 15) is 25.5 Å². The Kier molecular flexibility index (Phi) is 10.8. The summed E-state index contributed by atoms with van der Waals surface area (Å²) >= 11 is 0. The van der Waals surface area contributed by atoms with Crippen molar-refractivity contribution < 1.29 is 29.9 Å². The Balaban J connectivity index is 1.15. The molecule has 58 heavy (non-hydrogen) atoms. The zero-order valence-corrected chi connectivity index (χ0v) is 33.7. The van der Waals surface area contributed by atoms with Crippen molar-refractivity contribution in [3.05, 3.63) is 183 Å². The van der Waals surface area contributed by atoms with Gasteiger partial charge in [-0.3, -0.25) is 0 Å². The minimum atomic E-state index is -1.10. The van der Waals surface area contributed by atoms with Crippen LogP contribution in [0.2, 0.25) is 0 Å². The molecule has 0 saturated heterocycles.